The van der Waals surface area contributed by atoms with Gasteiger partial charge in [-0.2, -0.15) is 0 Å². The number of hydrogen-bond donors (Lipinski definition) is 1. The third kappa shape index (κ3) is 5.33. The van der Waals surface area contributed by atoms with Crippen molar-refractivity contribution in [2.75, 3.05) is 19.8 Å². The fraction of sp³-hybridized carbons (Fsp3) is 0.500. The minimum absolute atomic E-state index is 0.0634. The molecule has 2 heterocycles. The lowest BCUT2D eigenvalue weighted by Crippen LogP contribution is -2.06. The van der Waals surface area contributed by atoms with Gasteiger partial charge in [-0.3, -0.25) is 0 Å². The number of ether oxygens (including phenoxy) is 2. The molecular weight excluding hydrogens is 332 g/mol. The zero-order chi connectivity index (χ0) is 18.0. The van der Waals surface area contributed by atoms with Gasteiger partial charge < -0.3 is 19.1 Å². The second kappa shape index (κ2) is 9.97. The number of hydrogen-bond acceptors (Lipinski definition) is 6. The molecule has 0 amide bonds. The Morgan fingerprint density at radius 3 is 2.73 bits per heavy atom. The first-order chi connectivity index (χ1) is 12.9. The van der Waals surface area contributed by atoms with Gasteiger partial charge in [0.2, 0.25) is 5.90 Å². The molecule has 3 rings (SSSR count). The summed E-state index contributed by atoms with van der Waals surface area (Å²) in [7, 11) is 0. The molecule has 1 aromatic carbocycles. The number of nitrogens with zero attached hydrogens (tertiary/aromatic N) is 2. The summed E-state index contributed by atoms with van der Waals surface area (Å²) >= 11 is 0. The molecule has 0 unspecified atom stereocenters. The van der Waals surface area contributed by atoms with Gasteiger partial charge >= 0.3 is 0 Å². The monoisotopic (exact) mass is 358 g/mol. The van der Waals surface area contributed by atoms with Gasteiger partial charge in [-0.25, -0.2) is 4.99 Å². The normalized spacial score (nSPS) is 13.5. The number of para-hydroxylation sites is 1. The van der Waals surface area contributed by atoms with Crippen molar-refractivity contribution < 1.29 is 19.1 Å². The number of aliphatic hydroxyl groups excluding tert-OH is 1. The Bertz CT molecular complexity index is 711. The van der Waals surface area contributed by atoms with E-state index in [-0.39, 0.29) is 6.61 Å². The number of aryl methyl sites for hydroxylation is 1. The molecule has 0 spiro atoms. The maximum atomic E-state index is 8.96. The van der Waals surface area contributed by atoms with Gasteiger partial charge in [-0.1, -0.05) is 36.6 Å². The highest BCUT2D eigenvalue weighted by Gasteiger charge is 2.14. The lowest BCUT2D eigenvalue weighted by molar-refractivity contribution is 0.265. The van der Waals surface area contributed by atoms with Crippen LogP contribution < -0.4 is 4.74 Å². The molecule has 1 N–H and O–H groups in total. The van der Waals surface area contributed by atoms with Crippen molar-refractivity contribution in [2.24, 2.45) is 4.99 Å². The van der Waals surface area contributed by atoms with Crippen molar-refractivity contribution >= 4 is 5.90 Å². The van der Waals surface area contributed by atoms with E-state index >= 15 is 0 Å². The molecular formula is C20H26N2O4. The van der Waals surface area contributed by atoms with Crippen LogP contribution in [0.5, 0.6) is 5.75 Å². The summed E-state index contributed by atoms with van der Waals surface area (Å²) in [5.74, 6) is 2.39. The van der Waals surface area contributed by atoms with Gasteiger partial charge in [0.25, 0.3) is 0 Å². The van der Waals surface area contributed by atoms with Crippen LogP contribution in [0.15, 0.2) is 39.8 Å². The highest BCUT2D eigenvalue weighted by atomic mass is 16.5. The largest absolute Gasteiger partial charge is 0.493 e. The van der Waals surface area contributed by atoms with Gasteiger partial charge in [0.1, 0.15) is 23.8 Å². The minimum atomic E-state index is -0.0634. The summed E-state index contributed by atoms with van der Waals surface area (Å²) in [5.41, 5.74) is 1.55. The van der Waals surface area contributed by atoms with Crippen LogP contribution in [0.4, 0.5) is 0 Å². The molecule has 1 aromatic heterocycles. The molecule has 26 heavy (non-hydrogen) atoms. The first-order valence-electron chi connectivity index (χ1n) is 9.31. The Labute approximate surface area is 153 Å². The van der Waals surface area contributed by atoms with E-state index in [2.05, 4.69) is 10.1 Å². The predicted octanol–water partition coefficient (Wildman–Crippen LogP) is 3.52. The van der Waals surface area contributed by atoms with Crippen LogP contribution in [0.25, 0.3) is 0 Å². The zero-order valence-corrected chi connectivity index (χ0v) is 15.0. The summed E-state index contributed by atoms with van der Waals surface area (Å²) in [5, 5.41) is 12.7. The molecule has 0 radical (unpaired) electrons. The van der Waals surface area contributed by atoms with E-state index in [1.807, 2.05) is 30.3 Å². The van der Waals surface area contributed by atoms with Gasteiger partial charge in [0.15, 0.2) is 0 Å². The predicted molar refractivity (Wildman–Crippen MR) is 98.5 cm³/mol. The molecule has 140 valence electrons. The first kappa shape index (κ1) is 18.5. The van der Waals surface area contributed by atoms with Gasteiger partial charge in [-0.05, 0) is 25.0 Å². The number of benzene rings is 1. The summed E-state index contributed by atoms with van der Waals surface area (Å²) in [6.07, 6.45) is 6.43. The molecule has 0 atom stereocenters. The average molecular weight is 358 g/mol. The van der Waals surface area contributed by atoms with Crippen LogP contribution in [0, 0.1) is 0 Å². The average Bonchev–Trinajstić information content (AvgIpc) is 3.36. The van der Waals surface area contributed by atoms with Crippen LogP contribution >= 0.6 is 0 Å². The van der Waals surface area contributed by atoms with Crippen molar-refractivity contribution in [1.29, 1.82) is 0 Å². The zero-order valence-electron chi connectivity index (χ0n) is 15.0. The van der Waals surface area contributed by atoms with Crippen molar-refractivity contribution in [3.8, 4) is 5.75 Å². The smallest absolute Gasteiger partial charge is 0.220 e. The fourth-order valence-corrected chi connectivity index (χ4v) is 2.93. The third-order valence-corrected chi connectivity index (χ3v) is 4.30. The van der Waals surface area contributed by atoms with Crippen LogP contribution in [0.3, 0.4) is 0 Å². The van der Waals surface area contributed by atoms with Crippen LogP contribution in [-0.4, -0.2) is 35.9 Å². The number of aromatic nitrogens is 1. The Morgan fingerprint density at radius 1 is 1.08 bits per heavy atom. The van der Waals surface area contributed by atoms with Crippen molar-refractivity contribution in [3.05, 3.63) is 47.3 Å². The van der Waals surface area contributed by atoms with Crippen LogP contribution in [0.1, 0.15) is 49.1 Å². The van der Waals surface area contributed by atoms with E-state index in [1.54, 1.807) is 0 Å². The van der Waals surface area contributed by atoms with E-state index in [0.29, 0.717) is 24.8 Å². The van der Waals surface area contributed by atoms with Crippen LogP contribution in [-0.2, 0) is 17.8 Å². The highest BCUT2D eigenvalue weighted by molar-refractivity contribution is 5.97. The topological polar surface area (TPSA) is 77.1 Å². The van der Waals surface area contributed by atoms with Gasteiger partial charge in [-0.15, -0.1) is 0 Å². The van der Waals surface area contributed by atoms with Gasteiger partial charge in [0, 0.05) is 12.5 Å². The lowest BCUT2D eigenvalue weighted by Gasteiger charge is -2.11. The van der Waals surface area contributed by atoms with E-state index in [4.69, 9.17) is 19.1 Å². The molecule has 1 aliphatic heterocycles. The van der Waals surface area contributed by atoms with E-state index < -0.39 is 0 Å². The summed E-state index contributed by atoms with van der Waals surface area (Å²) < 4.78 is 16.6. The second-order valence-corrected chi connectivity index (χ2v) is 6.34. The molecule has 0 aliphatic carbocycles. The molecule has 0 saturated carbocycles. The first-order valence-corrected chi connectivity index (χ1v) is 9.31. The number of unbranched alkanes of at least 4 members (excludes halogenated alkanes) is 4. The van der Waals surface area contributed by atoms with Crippen molar-refractivity contribution in [1.82, 2.24) is 5.16 Å². The standard InChI is InChI=1S/C20H26N2O4/c23-15-16-14-17(26-22-16)8-4-2-1-3-7-12-24-19-10-6-5-9-18(19)20-21-11-13-25-20/h5-6,9-10,14,23H,1-4,7-8,11-13,15H2. The van der Waals surface area contributed by atoms with E-state index in [0.717, 1.165) is 55.7 Å². The fourth-order valence-electron chi connectivity index (χ4n) is 2.93. The summed E-state index contributed by atoms with van der Waals surface area (Å²) in [6.45, 7) is 2.01. The number of rotatable bonds is 11. The maximum absolute atomic E-state index is 8.96. The summed E-state index contributed by atoms with van der Waals surface area (Å²) in [4.78, 5) is 4.37. The van der Waals surface area contributed by atoms with E-state index in [1.165, 1.54) is 6.42 Å². The quantitative estimate of drug-likeness (QED) is 0.622. The highest BCUT2D eigenvalue weighted by Crippen LogP contribution is 2.21. The van der Waals surface area contributed by atoms with Gasteiger partial charge in [0.05, 0.1) is 25.3 Å². The lowest BCUT2D eigenvalue weighted by atomic mass is 10.1. The molecule has 0 fully saturated rings. The molecule has 6 nitrogen and oxygen atoms in total. The summed E-state index contributed by atoms with van der Waals surface area (Å²) in [6, 6.07) is 9.73. The van der Waals surface area contributed by atoms with Crippen LogP contribution in [0.2, 0.25) is 0 Å². The Morgan fingerprint density at radius 2 is 1.92 bits per heavy atom. The molecule has 0 saturated heterocycles. The molecule has 2 aromatic rings. The number of aliphatic imine (C=N–C) groups is 1. The Balaban J connectivity index is 1.29. The second-order valence-electron chi connectivity index (χ2n) is 6.34. The SMILES string of the molecule is OCc1cc(CCCCCCCOc2ccccc2C2=NCCO2)on1. The maximum Gasteiger partial charge on any atom is 0.220 e. The number of aliphatic hydroxyl groups is 1. The van der Waals surface area contributed by atoms with Crippen molar-refractivity contribution in [3.63, 3.8) is 0 Å². The third-order valence-electron chi connectivity index (χ3n) is 4.30. The van der Waals surface area contributed by atoms with Crippen molar-refractivity contribution in [2.45, 2.75) is 45.1 Å². The molecule has 6 heteroatoms. The molecule has 1 aliphatic rings. The Kier molecular flexibility index (Phi) is 7.07. The minimum Gasteiger partial charge on any atom is -0.493 e. The van der Waals surface area contributed by atoms with E-state index in [9.17, 15) is 0 Å². The Hall–Kier alpha value is -2.34. The molecule has 0 bridgehead atoms.